The first-order valence-electron chi connectivity index (χ1n) is 6.40. The smallest absolute Gasteiger partial charge is 0.176 e. The first kappa shape index (κ1) is 14.0. The van der Waals surface area contributed by atoms with Gasteiger partial charge in [0.25, 0.3) is 0 Å². The highest BCUT2D eigenvalue weighted by atomic mass is 32.1. The Labute approximate surface area is 116 Å². The molecule has 0 aromatic carbocycles. The molecule has 0 radical (unpaired) electrons. The van der Waals surface area contributed by atoms with Gasteiger partial charge in [-0.3, -0.25) is 0 Å². The van der Waals surface area contributed by atoms with E-state index in [1.54, 1.807) is 7.05 Å². The Morgan fingerprint density at radius 3 is 2.68 bits per heavy atom. The standard InChI is InChI=1S/C11H19N7S/c1-5-12-8(6-9-13-16-18(4)15-9)11-10(7(2)3)14-17-19-11/h7-8,12H,5-6H2,1-4H3. The predicted molar refractivity (Wildman–Crippen MR) is 72.9 cm³/mol. The van der Waals surface area contributed by atoms with Crippen LogP contribution in [0.2, 0.25) is 0 Å². The highest BCUT2D eigenvalue weighted by Crippen LogP contribution is 2.27. The Hall–Kier alpha value is -1.41. The molecule has 0 fully saturated rings. The molecule has 0 amide bonds. The zero-order chi connectivity index (χ0) is 13.8. The number of nitrogens with one attached hydrogen (secondary N) is 1. The number of hydrogen-bond donors (Lipinski definition) is 1. The lowest BCUT2D eigenvalue weighted by atomic mass is 10.0. The van der Waals surface area contributed by atoms with Crippen molar-refractivity contribution in [2.75, 3.05) is 6.54 Å². The highest BCUT2D eigenvalue weighted by Gasteiger charge is 2.22. The van der Waals surface area contributed by atoms with Crippen molar-refractivity contribution in [3.8, 4) is 0 Å². The van der Waals surface area contributed by atoms with Gasteiger partial charge in [-0.25, -0.2) is 0 Å². The van der Waals surface area contributed by atoms with Gasteiger partial charge in [-0.1, -0.05) is 25.3 Å². The van der Waals surface area contributed by atoms with Crippen LogP contribution in [0.3, 0.4) is 0 Å². The maximum absolute atomic E-state index is 4.24. The second-order valence-electron chi connectivity index (χ2n) is 4.69. The van der Waals surface area contributed by atoms with Crippen molar-refractivity contribution in [3.05, 3.63) is 16.4 Å². The molecule has 0 saturated heterocycles. The van der Waals surface area contributed by atoms with Crippen LogP contribution < -0.4 is 5.32 Å². The molecule has 7 nitrogen and oxygen atoms in total. The summed E-state index contributed by atoms with van der Waals surface area (Å²) >= 11 is 1.45. The van der Waals surface area contributed by atoms with E-state index in [2.05, 4.69) is 51.1 Å². The molecule has 0 bridgehead atoms. The first-order chi connectivity index (χ1) is 9.11. The summed E-state index contributed by atoms with van der Waals surface area (Å²) in [6.07, 6.45) is 0.700. The largest absolute Gasteiger partial charge is 0.309 e. The lowest BCUT2D eigenvalue weighted by molar-refractivity contribution is 0.534. The third-order valence-electron chi connectivity index (χ3n) is 2.79. The number of rotatable bonds is 6. The summed E-state index contributed by atoms with van der Waals surface area (Å²) in [6.45, 7) is 7.22. The molecule has 0 aliphatic carbocycles. The Morgan fingerprint density at radius 1 is 1.32 bits per heavy atom. The molecule has 2 rings (SSSR count). The molecule has 0 aliphatic rings. The predicted octanol–water partition coefficient (Wildman–Crippen LogP) is 1.08. The van der Waals surface area contributed by atoms with Gasteiger partial charge in [0.1, 0.15) is 0 Å². The third-order valence-corrected chi connectivity index (χ3v) is 3.64. The summed E-state index contributed by atoms with van der Waals surface area (Å²) in [4.78, 5) is 2.65. The molecule has 1 unspecified atom stereocenters. The van der Waals surface area contributed by atoms with E-state index in [1.807, 2.05) is 0 Å². The molecule has 0 saturated carbocycles. The van der Waals surface area contributed by atoms with E-state index in [9.17, 15) is 0 Å². The van der Waals surface area contributed by atoms with E-state index < -0.39 is 0 Å². The summed E-state index contributed by atoms with van der Waals surface area (Å²) in [5.74, 6) is 1.10. The average Bonchev–Trinajstić information content (AvgIpc) is 2.97. The van der Waals surface area contributed by atoms with E-state index in [-0.39, 0.29) is 6.04 Å². The van der Waals surface area contributed by atoms with Crippen molar-refractivity contribution in [1.82, 2.24) is 35.1 Å². The van der Waals surface area contributed by atoms with Crippen molar-refractivity contribution >= 4 is 11.5 Å². The van der Waals surface area contributed by atoms with Crippen molar-refractivity contribution in [2.45, 2.75) is 39.2 Å². The van der Waals surface area contributed by atoms with Crippen LogP contribution in [0.1, 0.15) is 49.1 Å². The molecule has 8 heteroatoms. The fraction of sp³-hybridized carbons (Fsp3) is 0.727. The Bertz CT molecular complexity index is 519. The van der Waals surface area contributed by atoms with E-state index in [0.717, 1.165) is 18.1 Å². The summed E-state index contributed by atoms with van der Waals surface area (Å²) in [6, 6.07) is 0.145. The maximum atomic E-state index is 4.24. The third kappa shape index (κ3) is 3.32. The Balaban J connectivity index is 2.21. The van der Waals surface area contributed by atoms with E-state index in [4.69, 9.17) is 0 Å². The topological polar surface area (TPSA) is 81.4 Å². The second-order valence-corrected chi connectivity index (χ2v) is 5.47. The van der Waals surface area contributed by atoms with Gasteiger partial charge in [-0.05, 0) is 29.2 Å². The summed E-state index contributed by atoms with van der Waals surface area (Å²) in [5.41, 5.74) is 1.06. The van der Waals surface area contributed by atoms with Gasteiger partial charge in [0.2, 0.25) is 0 Å². The van der Waals surface area contributed by atoms with Gasteiger partial charge in [0.05, 0.1) is 23.7 Å². The van der Waals surface area contributed by atoms with Crippen LogP contribution in [0.5, 0.6) is 0 Å². The number of aromatic nitrogens is 6. The van der Waals surface area contributed by atoms with Crippen LogP contribution in [-0.4, -0.2) is 36.3 Å². The molecule has 2 heterocycles. The minimum atomic E-state index is 0.145. The molecule has 2 aromatic heterocycles. The quantitative estimate of drug-likeness (QED) is 0.853. The van der Waals surface area contributed by atoms with Crippen LogP contribution in [0.4, 0.5) is 0 Å². The van der Waals surface area contributed by atoms with Gasteiger partial charge in [0, 0.05) is 6.42 Å². The second kappa shape index (κ2) is 6.16. The van der Waals surface area contributed by atoms with Crippen LogP contribution in [-0.2, 0) is 13.5 Å². The van der Waals surface area contributed by atoms with Gasteiger partial charge in [-0.2, -0.15) is 4.80 Å². The molecule has 0 spiro atoms. The van der Waals surface area contributed by atoms with Gasteiger partial charge in [-0.15, -0.1) is 15.3 Å². The van der Waals surface area contributed by atoms with E-state index >= 15 is 0 Å². The normalized spacial score (nSPS) is 13.1. The number of tetrazole rings is 1. The molecule has 1 atom stereocenters. The van der Waals surface area contributed by atoms with Crippen LogP contribution in [0.25, 0.3) is 0 Å². The fourth-order valence-electron chi connectivity index (χ4n) is 1.94. The van der Waals surface area contributed by atoms with Crippen molar-refractivity contribution < 1.29 is 0 Å². The van der Waals surface area contributed by atoms with Gasteiger partial charge in [0.15, 0.2) is 5.82 Å². The van der Waals surface area contributed by atoms with E-state index in [0.29, 0.717) is 12.3 Å². The lowest BCUT2D eigenvalue weighted by Gasteiger charge is -2.16. The van der Waals surface area contributed by atoms with Crippen molar-refractivity contribution in [3.63, 3.8) is 0 Å². The number of aryl methyl sites for hydroxylation is 1. The van der Waals surface area contributed by atoms with Gasteiger partial charge < -0.3 is 5.32 Å². The van der Waals surface area contributed by atoms with Crippen LogP contribution in [0, 0.1) is 0 Å². The molecule has 104 valence electrons. The monoisotopic (exact) mass is 281 g/mol. The van der Waals surface area contributed by atoms with Gasteiger partial charge >= 0.3 is 0 Å². The average molecular weight is 281 g/mol. The lowest BCUT2D eigenvalue weighted by Crippen LogP contribution is -2.24. The first-order valence-corrected chi connectivity index (χ1v) is 7.17. The Morgan fingerprint density at radius 2 is 2.11 bits per heavy atom. The minimum Gasteiger partial charge on any atom is -0.309 e. The molecule has 2 aromatic rings. The number of nitrogens with zero attached hydrogens (tertiary/aromatic N) is 6. The van der Waals surface area contributed by atoms with Crippen molar-refractivity contribution in [1.29, 1.82) is 0 Å². The molecular weight excluding hydrogens is 262 g/mol. The SMILES string of the molecule is CCNC(Cc1nnn(C)n1)c1snnc1C(C)C. The number of hydrogen-bond acceptors (Lipinski definition) is 7. The number of likely N-dealkylation sites (N-methyl/N-ethyl adjacent to an activating group) is 1. The zero-order valence-corrected chi connectivity index (χ0v) is 12.5. The zero-order valence-electron chi connectivity index (χ0n) is 11.7. The molecule has 1 N–H and O–H groups in total. The molecule has 0 aliphatic heterocycles. The molecular formula is C11H19N7S. The van der Waals surface area contributed by atoms with Crippen LogP contribution in [0.15, 0.2) is 0 Å². The highest BCUT2D eigenvalue weighted by molar-refractivity contribution is 7.05. The summed E-state index contributed by atoms with van der Waals surface area (Å²) in [7, 11) is 1.77. The fourth-order valence-corrected chi connectivity index (χ4v) is 2.82. The maximum Gasteiger partial charge on any atom is 0.176 e. The van der Waals surface area contributed by atoms with Crippen molar-refractivity contribution in [2.24, 2.45) is 7.05 Å². The Kier molecular flexibility index (Phi) is 4.54. The summed E-state index contributed by atoms with van der Waals surface area (Å²) < 4.78 is 4.08. The minimum absolute atomic E-state index is 0.145. The molecule has 19 heavy (non-hydrogen) atoms. The summed E-state index contributed by atoms with van der Waals surface area (Å²) in [5, 5.41) is 19.8. The van der Waals surface area contributed by atoms with Crippen LogP contribution >= 0.6 is 11.5 Å². The van der Waals surface area contributed by atoms with E-state index in [1.165, 1.54) is 21.2 Å².